The molecule has 0 unspecified atom stereocenters. The predicted molar refractivity (Wildman–Crippen MR) is 68.1 cm³/mol. The van der Waals surface area contributed by atoms with Crippen LogP contribution in [0.15, 0.2) is 42.6 Å². The molecule has 0 aliphatic carbocycles. The summed E-state index contributed by atoms with van der Waals surface area (Å²) in [5.41, 5.74) is 0.850. The largest absolute Gasteiger partial charge is 0.311 e. The predicted octanol–water partition coefficient (Wildman–Crippen LogP) is 2.37. The molecule has 0 aliphatic heterocycles. The van der Waals surface area contributed by atoms with Crippen molar-refractivity contribution in [2.75, 3.05) is 11.9 Å². The van der Waals surface area contributed by atoms with Crippen LogP contribution in [0, 0.1) is 17.3 Å². The topological polar surface area (TPSA) is 57.0 Å². The number of rotatable bonds is 2. The maximum absolute atomic E-state index is 13.5. The normalized spacial score (nSPS) is 9.74. The number of hydrogen-bond acceptors (Lipinski definition) is 3. The van der Waals surface area contributed by atoms with Gasteiger partial charge in [0.25, 0.3) is 5.91 Å². The first-order chi connectivity index (χ1) is 9.13. The highest BCUT2D eigenvalue weighted by Crippen LogP contribution is 2.17. The number of carbonyl (C=O) groups is 1. The fraction of sp³-hybridized carbons (Fsp3) is 0.0714. The van der Waals surface area contributed by atoms with Crippen LogP contribution in [0.25, 0.3) is 0 Å². The number of aromatic nitrogens is 1. The fourth-order valence-corrected chi connectivity index (χ4v) is 1.63. The Morgan fingerprint density at radius 1 is 1.37 bits per heavy atom. The van der Waals surface area contributed by atoms with E-state index >= 15 is 0 Å². The van der Waals surface area contributed by atoms with E-state index in [1.807, 2.05) is 6.07 Å². The lowest BCUT2D eigenvalue weighted by molar-refractivity contribution is 0.0988. The summed E-state index contributed by atoms with van der Waals surface area (Å²) in [5, 5.41) is 8.82. The molecule has 4 nitrogen and oxygen atoms in total. The van der Waals surface area contributed by atoms with Crippen LogP contribution in [0.2, 0.25) is 0 Å². The maximum Gasteiger partial charge on any atom is 0.262 e. The van der Waals surface area contributed by atoms with Crippen LogP contribution < -0.4 is 4.90 Å². The van der Waals surface area contributed by atoms with E-state index in [9.17, 15) is 9.18 Å². The van der Waals surface area contributed by atoms with Gasteiger partial charge >= 0.3 is 0 Å². The van der Waals surface area contributed by atoms with Crippen LogP contribution in [0.1, 0.15) is 15.9 Å². The minimum Gasteiger partial charge on any atom is -0.311 e. The molecule has 0 aliphatic rings. The lowest BCUT2D eigenvalue weighted by Crippen LogP contribution is -2.27. The van der Waals surface area contributed by atoms with E-state index < -0.39 is 11.9 Å². The number of amides is 1. The van der Waals surface area contributed by atoms with E-state index in [-0.39, 0.29) is 5.56 Å². The molecule has 0 atom stereocenters. The Labute approximate surface area is 109 Å². The maximum atomic E-state index is 13.5. The van der Waals surface area contributed by atoms with Gasteiger partial charge in [-0.25, -0.2) is 4.98 Å². The first-order valence-corrected chi connectivity index (χ1v) is 5.52. The van der Waals surface area contributed by atoms with Crippen LogP contribution in [-0.2, 0) is 0 Å². The average molecular weight is 255 g/mol. The van der Waals surface area contributed by atoms with Gasteiger partial charge < -0.3 is 4.90 Å². The second-order valence-electron chi connectivity index (χ2n) is 3.87. The molecule has 1 heterocycles. The molecule has 1 amide bonds. The number of hydrogen-bond donors (Lipinski definition) is 0. The first kappa shape index (κ1) is 12.7. The monoisotopic (exact) mass is 255 g/mol. The zero-order chi connectivity index (χ0) is 13.8. The van der Waals surface area contributed by atoms with Gasteiger partial charge in [0, 0.05) is 18.9 Å². The molecular formula is C14H10FN3O. The minimum absolute atomic E-state index is 0.104. The molecule has 19 heavy (non-hydrogen) atoms. The average Bonchev–Trinajstić information content (AvgIpc) is 2.46. The molecule has 2 aromatic rings. The smallest absolute Gasteiger partial charge is 0.262 e. The van der Waals surface area contributed by atoms with Crippen molar-refractivity contribution in [2.24, 2.45) is 0 Å². The summed E-state index contributed by atoms with van der Waals surface area (Å²) in [6.45, 7) is 0. The molecule has 0 saturated carbocycles. The SMILES string of the molecule is CN(C(=O)c1cccnc1F)c1cccc(C#N)c1. The molecule has 0 N–H and O–H groups in total. The van der Waals surface area contributed by atoms with Crippen molar-refractivity contribution >= 4 is 11.6 Å². The number of nitriles is 1. The van der Waals surface area contributed by atoms with Gasteiger partial charge in [-0.1, -0.05) is 6.07 Å². The van der Waals surface area contributed by atoms with Gasteiger partial charge in [-0.3, -0.25) is 4.79 Å². The first-order valence-electron chi connectivity index (χ1n) is 5.52. The van der Waals surface area contributed by atoms with E-state index in [0.717, 1.165) is 0 Å². The molecule has 0 saturated heterocycles. The van der Waals surface area contributed by atoms with Gasteiger partial charge in [-0.15, -0.1) is 0 Å². The van der Waals surface area contributed by atoms with E-state index in [2.05, 4.69) is 4.98 Å². The van der Waals surface area contributed by atoms with Gasteiger partial charge in [-0.05, 0) is 30.3 Å². The van der Waals surface area contributed by atoms with E-state index in [1.54, 1.807) is 24.3 Å². The van der Waals surface area contributed by atoms with Gasteiger partial charge in [0.05, 0.1) is 17.2 Å². The third kappa shape index (κ3) is 2.58. The number of pyridine rings is 1. The Hall–Kier alpha value is -2.74. The summed E-state index contributed by atoms with van der Waals surface area (Å²) in [6, 6.07) is 11.4. The molecule has 5 heteroatoms. The lowest BCUT2D eigenvalue weighted by Gasteiger charge is -2.17. The molecule has 0 fully saturated rings. The fourth-order valence-electron chi connectivity index (χ4n) is 1.63. The van der Waals surface area contributed by atoms with Crippen LogP contribution >= 0.6 is 0 Å². The minimum atomic E-state index is -0.809. The molecule has 1 aromatic heterocycles. The highest BCUT2D eigenvalue weighted by Gasteiger charge is 2.17. The Balaban J connectivity index is 2.34. The summed E-state index contributed by atoms with van der Waals surface area (Å²) in [7, 11) is 1.52. The van der Waals surface area contributed by atoms with Crippen LogP contribution in [0.3, 0.4) is 0 Å². The number of halogens is 1. The molecule has 2 rings (SSSR count). The third-order valence-electron chi connectivity index (χ3n) is 2.66. The van der Waals surface area contributed by atoms with Gasteiger partial charge in [-0.2, -0.15) is 9.65 Å². The number of anilines is 1. The Morgan fingerprint density at radius 2 is 2.16 bits per heavy atom. The van der Waals surface area contributed by atoms with Crippen molar-refractivity contribution in [3.63, 3.8) is 0 Å². The highest BCUT2D eigenvalue weighted by atomic mass is 19.1. The van der Waals surface area contributed by atoms with Crippen LogP contribution in [0.5, 0.6) is 0 Å². The second-order valence-corrected chi connectivity index (χ2v) is 3.87. The number of nitrogens with zero attached hydrogens (tertiary/aromatic N) is 3. The summed E-state index contributed by atoms with van der Waals surface area (Å²) in [5.74, 6) is -1.32. The summed E-state index contributed by atoms with van der Waals surface area (Å²) in [6.07, 6.45) is 1.28. The van der Waals surface area contributed by atoms with Gasteiger partial charge in [0.15, 0.2) is 0 Å². The Morgan fingerprint density at radius 3 is 2.84 bits per heavy atom. The number of carbonyl (C=O) groups excluding carboxylic acids is 1. The second kappa shape index (κ2) is 5.27. The highest BCUT2D eigenvalue weighted by molar-refractivity contribution is 6.05. The summed E-state index contributed by atoms with van der Waals surface area (Å²) < 4.78 is 13.5. The van der Waals surface area contributed by atoms with Crippen molar-refractivity contribution in [1.29, 1.82) is 5.26 Å². The van der Waals surface area contributed by atoms with Gasteiger partial charge in [0.1, 0.15) is 0 Å². The standard InChI is InChI=1S/C14H10FN3O/c1-18(11-5-2-4-10(8-11)9-16)14(19)12-6-3-7-17-13(12)15/h2-8H,1H3. The molecule has 0 spiro atoms. The number of benzene rings is 1. The molecule has 0 radical (unpaired) electrons. The summed E-state index contributed by atoms with van der Waals surface area (Å²) in [4.78, 5) is 16.9. The van der Waals surface area contributed by atoms with Gasteiger partial charge in [0.2, 0.25) is 5.95 Å². The zero-order valence-corrected chi connectivity index (χ0v) is 10.2. The Bertz CT molecular complexity index is 664. The molecule has 1 aromatic carbocycles. The summed E-state index contributed by atoms with van der Waals surface area (Å²) >= 11 is 0. The van der Waals surface area contributed by atoms with Crippen molar-refractivity contribution in [1.82, 2.24) is 4.98 Å². The van der Waals surface area contributed by atoms with Crippen LogP contribution in [0.4, 0.5) is 10.1 Å². The van der Waals surface area contributed by atoms with Crippen molar-refractivity contribution < 1.29 is 9.18 Å². The molecule has 94 valence electrons. The van der Waals surface area contributed by atoms with Crippen molar-refractivity contribution in [3.8, 4) is 6.07 Å². The lowest BCUT2D eigenvalue weighted by atomic mass is 10.2. The third-order valence-corrected chi connectivity index (χ3v) is 2.66. The Kier molecular flexibility index (Phi) is 3.53. The van der Waals surface area contributed by atoms with E-state index in [0.29, 0.717) is 11.3 Å². The zero-order valence-electron chi connectivity index (χ0n) is 10.2. The molecule has 0 bridgehead atoms. The van der Waals surface area contributed by atoms with Crippen molar-refractivity contribution in [2.45, 2.75) is 0 Å². The van der Waals surface area contributed by atoms with E-state index in [1.165, 1.54) is 30.3 Å². The van der Waals surface area contributed by atoms with Crippen LogP contribution in [-0.4, -0.2) is 17.9 Å². The van der Waals surface area contributed by atoms with E-state index in [4.69, 9.17) is 5.26 Å². The van der Waals surface area contributed by atoms with Crippen molar-refractivity contribution in [3.05, 3.63) is 59.7 Å². The molecular weight excluding hydrogens is 245 g/mol. The quantitative estimate of drug-likeness (QED) is 0.774.